The molecule has 1 aromatic rings. The van der Waals surface area contributed by atoms with Crippen LogP contribution in [0.15, 0.2) is 24.3 Å². The fraction of sp³-hybridized carbons (Fsp3) is 0.417. The summed E-state index contributed by atoms with van der Waals surface area (Å²) in [5.74, 6) is 0.0347. The fourth-order valence-electron chi connectivity index (χ4n) is 2.06. The van der Waals surface area contributed by atoms with Gasteiger partial charge in [-0.1, -0.05) is 23.7 Å². The molecule has 2 N–H and O–H groups in total. The van der Waals surface area contributed by atoms with Crippen LogP contribution in [0.3, 0.4) is 0 Å². The lowest BCUT2D eigenvalue weighted by Crippen LogP contribution is -2.35. The quantitative estimate of drug-likeness (QED) is 0.856. The van der Waals surface area contributed by atoms with Crippen molar-refractivity contribution in [3.8, 4) is 0 Å². The summed E-state index contributed by atoms with van der Waals surface area (Å²) >= 11 is 5.93. The van der Waals surface area contributed by atoms with Gasteiger partial charge in [0, 0.05) is 11.6 Å². The molecule has 0 spiro atoms. The minimum Gasteiger partial charge on any atom is -0.335 e. The van der Waals surface area contributed by atoms with Crippen LogP contribution in [0.1, 0.15) is 24.9 Å². The zero-order chi connectivity index (χ0) is 11.7. The molecule has 2 rings (SSSR count). The van der Waals surface area contributed by atoms with Crippen molar-refractivity contribution >= 4 is 17.5 Å². The Morgan fingerprint density at radius 3 is 2.88 bits per heavy atom. The van der Waals surface area contributed by atoms with Gasteiger partial charge in [0.15, 0.2) is 0 Å². The highest BCUT2D eigenvalue weighted by Gasteiger charge is 2.32. The largest absolute Gasteiger partial charge is 0.335 e. The highest BCUT2D eigenvalue weighted by Crippen LogP contribution is 2.26. The third-order valence-electron chi connectivity index (χ3n) is 3.08. The van der Waals surface area contributed by atoms with Gasteiger partial charge >= 0.3 is 0 Å². The average Bonchev–Trinajstić information content (AvgIpc) is 2.59. The molecule has 16 heavy (non-hydrogen) atoms. The molecule has 1 aromatic carbocycles. The number of likely N-dealkylation sites (tertiary alicyclic amines) is 1. The van der Waals surface area contributed by atoms with Crippen molar-refractivity contribution in [3.05, 3.63) is 34.9 Å². The number of nitrogens with two attached hydrogens (primary N) is 1. The molecule has 0 radical (unpaired) electrons. The number of carbonyl (C=O) groups is 1. The second kappa shape index (κ2) is 4.44. The predicted octanol–water partition coefficient (Wildman–Crippen LogP) is 1.96. The van der Waals surface area contributed by atoms with E-state index in [1.807, 2.05) is 36.1 Å². The average molecular weight is 239 g/mol. The van der Waals surface area contributed by atoms with Gasteiger partial charge in [-0.05, 0) is 31.0 Å². The molecule has 1 saturated heterocycles. The van der Waals surface area contributed by atoms with Crippen LogP contribution in [0.2, 0.25) is 5.02 Å². The summed E-state index contributed by atoms with van der Waals surface area (Å²) in [5, 5.41) is 0.695. The summed E-state index contributed by atoms with van der Waals surface area (Å²) in [6.45, 7) is 2.73. The minimum atomic E-state index is -0.332. The Bertz CT molecular complexity index is 408. The summed E-state index contributed by atoms with van der Waals surface area (Å²) in [5.41, 5.74) is 6.75. The van der Waals surface area contributed by atoms with E-state index in [4.69, 9.17) is 17.3 Å². The number of benzene rings is 1. The van der Waals surface area contributed by atoms with E-state index in [0.717, 1.165) is 18.5 Å². The number of nitrogens with zero attached hydrogens (tertiary/aromatic N) is 1. The van der Waals surface area contributed by atoms with E-state index in [0.29, 0.717) is 5.02 Å². The topological polar surface area (TPSA) is 46.3 Å². The molecule has 0 saturated carbocycles. The molecule has 1 heterocycles. The number of carbonyl (C=O) groups excluding carboxylic acids is 1. The highest BCUT2D eigenvalue weighted by molar-refractivity contribution is 6.30. The van der Waals surface area contributed by atoms with Crippen LogP contribution in [0.5, 0.6) is 0 Å². The molecule has 0 aromatic heterocycles. The van der Waals surface area contributed by atoms with Gasteiger partial charge in [-0.2, -0.15) is 0 Å². The number of hydrogen-bond acceptors (Lipinski definition) is 2. The Kier molecular flexibility index (Phi) is 3.17. The first-order valence-corrected chi connectivity index (χ1v) is 5.79. The molecule has 4 heteroatoms. The van der Waals surface area contributed by atoms with Crippen molar-refractivity contribution in [2.24, 2.45) is 5.73 Å². The number of hydrogen-bond donors (Lipinski definition) is 1. The molecule has 0 aliphatic carbocycles. The second-order valence-electron chi connectivity index (χ2n) is 4.16. The lowest BCUT2D eigenvalue weighted by molar-refractivity contribution is -0.130. The van der Waals surface area contributed by atoms with Gasteiger partial charge in [-0.15, -0.1) is 0 Å². The van der Waals surface area contributed by atoms with Crippen LogP contribution in [0.4, 0.5) is 0 Å². The predicted molar refractivity (Wildman–Crippen MR) is 64.2 cm³/mol. The zero-order valence-corrected chi connectivity index (χ0v) is 9.95. The standard InChI is InChI=1S/C12H15ClN2O/c1-8(9-3-2-4-10(13)7-9)15-6-5-11(14)12(15)16/h2-4,7-8,11H,5-6,14H2,1H3. The van der Waals surface area contributed by atoms with Crippen LogP contribution in [-0.4, -0.2) is 23.4 Å². The van der Waals surface area contributed by atoms with Gasteiger partial charge in [-0.25, -0.2) is 0 Å². The maximum Gasteiger partial charge on any atom is 0.240 e. The van der Waals surface area contributed by atoms with Crippen molar-refractivity contribution in [2.45, 2.75) is 25.4 Å². The van der Waals surface area contributed by atoms with Gasteiger partial charge in [0.25, 0.3) is 0 Å². The first kappa shape index (κ1) is 11.4. The van der Waals surface area contributed by atoms with Crippen molar-refractivity contribution in [2.75, 3.05) is 6.54 Å². The number of rotatable bonds is 2. The SMILES string of the molecule is CC(c1cccc(Cl)c1)N1CCC(N)C1=O. The van der Waals surface area contributed by atoms with Gasteiger partial charge in [0.1, 0.15) is 0 Å². The molecular weight excluding hydrogens is 224 g/mol. The smallest absolute Gasteiger partial charge is 0.240 e. The van der Waals surface area contributed by atoms with Gasteiger partial charge in [0.05, 0.1) is 12.1 Å². The molecule has 2 unspecified atom stereocenters. The summed E-state index contributed by atoms with van der Waals surface area (Å²) in [4.78, 5) is 13.6. The molecule has 1 aliphatic rings. The maximum absolute atomic E-state index is 11.8. The summed E-state index contributed by atoms with van der Waals surface area (Å²) < 4.78 is 0. The summed E-state index contributed by atoms with van der Waals surface area (Å²) in [6.07, 6.45) is 0.740. The molecule has 86 valence electrons. The Morgan fingerprint density at radius 1 is 1.56 bits per heavy atom. The van der Waals surface area contributed by atoms with Crippen LogP contribution in [-0.2, 0) is 4.79 Å². The first-order valence-electron chi connectivity index (χ1n) is 5.41. The van der Waals surface area contributed by atoms with Crippen molar-refractivity contribution in [3.63, 3.8) is 0 Å². The molecule has 1 amide bonds. The zero-order valence-electron chi connectivity index (χ0n) is 9.19. The Morgan fingerprint density at radius 2 is 2.31 bits per heavy atom. The van der Waals surface area contributed by atoms with E-state index >= 15 is 0 Å². The monoisotopic (exact) mass is 238 g/mol. The Hall–Kier alpha value is -1.06. The molecular formula is C12H15ClN2O. The van der Waals surface area contributed by atoms with E-state index in [-0.39, 0.29) is 18.0 Å². The van der Waals surface area contributed by atoms with Crippen molar-refractivity contribution in [1.82, 2.24) is 4.90 Å². The molecule has 1 fully saturated rings. The number of halogens is 1. The van der Waals surface area contributed by atoms with Crippen LogP contribution in [0.25, 0.3) is 0 Å². The van der Waals surface area contributed by atoms with E-state index in [9.17, 15) is 4.79 Å². The van der Waals surface area contributed by atoms with E-state index < -0.39 is 0 Å². The van der Waals surface area contributed by atoms with E-state index in [1.165, 1.54) is 0 Å². The second-order valence-corrected chi connectivity index (χ2v) is 4.59. The van der Waals surface area contributed by atoms with Gasteiger partial charge < -0.3 is 10.6 Å². The van der Waals surface area contributed by atoms with Crippen molar-refractivity contribution < 1.29 is 4.79 Å². The molecule has 2 atom stereocenters. The van der Waals surface area contributed by atoms with E-state index in [1.54, 1.807) is 0 Å². The molecule has 3 nitrogen and oxygen atoms in total. The lowest BCUT2D eigenvalue weighted by Gasteiger charge is -2.25. The molecule has 0 bridgehead atoms. The summed E-state index contributed by atoms with van der Waals surface area (Å²) in [6, 6.07) is 7.31. The Balaban J connectivity index is 2.19. The van der Waals surface area contributed by atoms with Crippen LogP contribution >= 0.6 is 11.6 Å². The number of amides is 1. The normalized spacial score (nSPS) is 22.6. The maximum atomic E-state index is 11.8. The summed E-state index contributed by atoms with van der Waals surface area (Å²) in [7, 11) is 0. The van der Waals surface area contributed by atoms with Crippen molar-refractivity contribution in [1.29, 1.82) is 0 Å². The van der Waals surface area contributed by atoms with Gasteiger partial charge in [0.2, 0.25) is 5.91 Å². The van der Waals surface area contributed by atoms with Crippen LogP contribution in [0, 0.1) is 0 Å². The molecule has 1 aliphatic heterocycles. The first-order chi connectivity index (χ1) is 7.59. The third kappa shape index (κ3) is 2.06. The van der Waals surface area contributed by atoms with Gasteiger partial charge in [-0.3, -0.25) is 4.79 Å². The Labute approximate surface area is 100 Å². The lowest BCUT2D eigenvalue weighted by atomic mass is 10.1. The van der Waals surface area contributed by atoms with Crippen LogP contribution < -0.4 is 5.73 Å². The minimum absolute atomic E-state index is 0.0347. The highest BCUT2D eigenvalue weighted by atomic mass is 35.5. The fourth-order valence-corrected chi connectivity index (χ4v) is 2.25. The third-order valence-corrected chi connectivity index (χ3v) is 3.31. The van der Waals surface area contributed by atoms with E-state index in [2.05, 4.69) is 0 Å².